The molecule has 0 saturated carbocycles. The zero-order valence-corrected chi connectivity index (χ0v) is 49.1. The molecule has 0 radical (unpaired) electrons. The minimum Gasteiger partial charge on any atom is -0.311 e. The number of rotatable bonds is 15. The maximum atomic E-state index is 2.33. The van der Waals surface area contributed by atoms with E-state index >= 15 is 0 Å². The van der Waals surface area contributed by atoms with Crippen LogP contribution in [0.5, 0.6) is 0 Å². The van der Waals surface area contributed by atoms with Crippen molar-refractivity contribution in [3.8, 4) is 11.1 Å². The first-order valence-corrected chi connectivity index (χ1v) is 30.1. The van der Waals surface area contributed by atoms with Gasteiger partial charge >= 0.3 is 0 Å². The van der Waals surface area contributed by atoms with Crippen molar-refractivity contribution in [3.05, 3.63) is 358 Å². The summed E-state index contributed by atoms with van der Waals surface area (Å²) >= 11 is 0. The first-order chi connectivity index (χ1) is 42.4. The molecule has 11 aromatic rings. The molecule has 0 N–H and O–H groups in total. The Balaban J connectivity index is 0.000000170. The summed E-state index contributed by atoms with van der Waals surface area (Å²) in [5.74, 6) is 0. The Morgan fingerprint density at radius 1 is 0.302 bits per heavy atom. The van der Waals surface area contributed by atoms with E-state index < -0.39 is 0 Å². The van der Waals surface area contributed by atoms with E-state index in [0.717, 1.165) is 42.7 Å². The van der Waals surface area contributed by atoms with Crippen LogP contribution in [0.1, 0.15) is 86.0 Å². The van der Waals surface area contributed by atoms with E-state index in [1.807, 2.05) is 0 Å². The van der Waals surface area contributed by atoms with Crippen LogP contribution in [0.15, 0.2) is 291 Å². The number of anilines is 5. The number of hydrogen-bond acceptors (Lipinski definition) is 2. The Kier molecular flexibility index (Phi) is 17.7. The van der Waals surface area contributed by atoms with Gasteiger partial charge in [-0.1, -0.05) is 272 Å². The second-order valence-electron chi connectivity index (χ2n) is 22.2. The van der Waals surface area contributed by atoms with E-state index in [9.17, 15) is 0 Å². The number of allylic oxidation sites excluding steroid dienone is 4. The SMILES string of the molecule is Cc1ccc(/C=C/c2ccc3cc(/C=C/c4ccc(N(C5=CCCC=C5)c5ccccc5)cc4)ccc3c2)cc1.Cc1ccc(N(c2ccccc2)c2ccc(/C=C/c3ccc(-c4ccc(/C=C/c5cccc6c5C=CCC6)cc4)cc3)cc2)cc1. The maximum Gasteiger partial charge on any atom is 0.0462 e. The van der Waals surface area contributed by atoms with Crippen LogP contribution in [0, 0.1) is 13.8 Å². The predicted octanol–water partition coefficient (Wildman–Crippen LogP) is 23.3. The molecular weight excluding hydrogens is 1040 g/mol. The van der Waals surface area contributed by atoms with E-state index in [0.29, 0.717) is 0 Å². The number of hydrogen-bond donors (Lipinski definition) is 0. The fraction of sp³-hybridized carbons (Fsp3) is 0.0714. The fourth-order valence-electron chi connectivity index (χ4n) is 11.1. The maximum absolute atomic E-state index is 2.33. The molecule has 11 aromatic carbocycles. The first kappa shape index (κ1) is 56.0. The highest BCUT2D eigenvalue weighted by atomic mass is 15.1. The average Bonchev–Trinajstić information content (AvgIpc) is 3.71. The van der Waals surface area contributed by atoms with E-state index in [-0.39, 0.29) is 0 Å². The molecule has 2 nitrogen and oxygen atoms in total. The van der Waals surface area contributed by atoms with E-state index in [4.69, 9.17) is 0 Å². The van der Waals surface area contributed by atoms with Crippen LogP contribution in [-0.2, 0) is 6.42 Å². The van der Waals surface area contributed by atoms with Gasteiger partial charge in [0.15, 0.2) is 0 Å². The van der Waals surface area contributed by atoms with Crippen LogP contribution in [0.2, 0.25) is 0 Å². The van der Waals surface area contributed by atoms with Gasteiger partial charge in [-0.15, -0.1) is 0 Å². The van der Waals surface area contributed by atoms with Crippen molar-refractivity contribution < 1.29 is 0 Å². The van der Waals surface area contributed by atoms with E-state index in [2.05, 4.69) is 363 Å². The summed E-state index contributed by atoms with van der Waals surface area (Å²) in [5.41, 5.74) is 24.4. The smallest absolute Gasteiger partial charge is 0.0462 e. The molecule has 0 unspecified atom stereocenters. The van der Waals surface area contributed by atoms with Crippen LogP contribution in [-0.4, -0.2) is 0 Å². The quantitative estimate of drug-likeness (QED) is 0.0944. The molecule has 2 aliphatic carbocycles. The highest BCUT2D eigenvalue weighted by Crippen LogP contribution is 2.36. The molecule has 0 atom stereocenters. The van der Waals surface area contributed by atoms with Gasteiger partial charge in [0, 0.05) is 34.1 Å². The lowest BCUT2D eigenvalue weighted by atomic mass is 9.93. The lowest BCUT2D eigenvalue weighted by Crippen LogP contribution is -2.16. The molecular formula is C84H70N2. The second kappa shape index (κ2) is 27.2. The number of benzene rings is 11. The molecule has 86 heavy (non-hydrogen) atoms. The third-order valence-corrected chi connectivity index (χ3v) is 15.9. The van der Waals surface area contributed by atoms with Gasteiger partial charge in [0.25, 0.3) is 0 Å². The number of fused-ring (bicyclic) bond motifs is 2. The first-order valence-electron chi connectivity index (χ1n) is 30.1. The van der Waals surface area contributed by atoms with Gasteiger partial charge in [-0.3, -0.25) is 0 Å². The molecule has 13 rings (SSSR count). The predicted molar refractivity (Wildman–Crippen MR) is 374 cm³/mol. The summed E-state index contributed by atoms with van der Waals surface area (Å²) in [6, 6.07) is 93.5. The zero-order chi connectivity index (χ0) is 58.3. The third kappa shape index (κ3) is 14.3. The van der Waals surface area contributed by atoms with Crippen molar-refractivity contribution in [1.82, 2.24) is 0 Å². The summed E-state index contributed by atoms with van der Waals surface area (Å²) < 4.78 is 0. The lowest BCUT2D eigenvalue weighted by Gasteiger charge is -2.27. The van der Waals surface area contributed by atoms with Crippen LogP contribution in [0.3, 0.4) is 0 Å². The largest absolute Gasteiger partial charge is 0.311 e. The monoisotopic (exact) mass is 1110 g/mol. The standard InChI is InChI=1S/C45H37N.C39H33N/c1-34-14-30-43(31-15-34)46(42-11-3-2-4-12-42)44-32-23-36(24-33-44)17-16-35-18-25-38(26-19-35)39-27-20-37(21-28-39)22-29-41-10-7-9-40-8-5-6-13-45(40)41;1-30-12-14-31(15-13-30)16-18-33-20-24-36-29-34(21-25-35(36)28-33)19-17-32-22-26-39(27-23-32)40(37-8-4-2-5-9-37)38-10-6-3-7-11-38/h2-4,6-7,9-33H,5,8H2,1H3;2,4-6,8-29H,3,7H2,1H3/b17-16+,29-22+;18-16+,19-17+. The highest BCUT2D eigenvalue weighted by molar-refractivity contribution is 5.89. The summed E-state index contributed by atoms with van der Waals surface area (Å²) in [4.78, 5) is 4.62. The van der Waals surface area contributed by atoms with Crippen LogP contribution < -0.4 is 9.80 Å². The van der Waals surface area contributed by atoms with Gasteiger partial charge in [0.1, 0.15) is 0 Å². The minimum absolute atomic E-state index is 1.08. The van der Waals surface area contributed by atoms with Crippen molar-refractivity contribution in [3.63, 3.8) is 0 Å². The molecule has 2 aliphatic rings. The Hall–Kier alpha value is -10.5. The van der Waals surface area contributed by atoms with Gasteiger partial charge in [-0.2, -0.15) is 0 Å². The molecule has 0 fully saturated rings. The molecule has 0 amide bonds. The Morgan fingerprint density at radius 3 is 1.20 bits per heavy atom. The number of para-hydroxylation sites is 2. The van der Waals surface area contributed by atoms with Crippen molar-refractivity contribution in [2.45, 2.75) is 39.5 Å². The van der Waals surface area contributed by atoms with Gasteiger partial charge < -0.3 is 9.80 Å². The average molecular weight is 1110 g/mol. The van der Waals surface area contributed by atoms with Crippen LogP contribution in [0.25, 0.3) is 76.6 Å². The topological polar surface area (TPSA) is 6.48 Å². The molecule has 416 valence electrons. The summed E-state index contributed by atoms with van der Waals surface area (Å²) in [6.07, 6.45) is 33.4. The van der Waals surface area contributed by atoms with Gasteiger partial charge in [0.05, 0.1) is 0 Å². The molecule has 0 aromatic heterocycles. The van der Waals surface area contributed by atoms with Crippen molar-refractivity contribution >= 4 is 93.9 Å². The summed E-state index contributed by atoms with van der Waals surface area (Å²) in [6.45, 7) is 4.24. The minimum atomic E-state index is 1.08. The van der Waals surface area contributed by atoms with Crippen molar-refractivity contribution in [2.24, 2.45) is 0 Å². The summed E-state index contributed by atoms with van der Waals surface area (Å²) in [5, 5.41) is 2.50. The highest BCUT2D eigenvalue weighted by Gasteiger charge is 2.15. The number of nitrogens with zero attached hydrogens (tertiary/aromatic N) is 2. The third-order valence-electron chi connectivity index (χ3n) is 15.9. The second-order valence-corrected chi connectivity index (χ2v) is 22.2. The van der Waals surface area contributed by atoms with Gasteiger partial charge in [0.2, 0.25) is 0 Å². The van der Waals surface area contributed by atoms with Gasteiger partial charge in [-0.05, 0) is 196 Å². The Bertz CT molecular complexity index is 4270. The zero-order valence-electron chi connectivity index (χ0n) is 49.1. The Morgan fingerprint density at radius 2 is 0.698 bits per heavy atom. The van der Waals surface area contributed by atoms with Gasteiger partial charge in [-0.25, -0.2) is 0 Å². The van der Waals surface area contributed by atoms with E-state index in [1.54, 1.807) is 0 Å². The molecule has 0 aliphatic heterocycles. The van der Waals surface area contributed by atoms with Crippen LogP contribution >= 0.6 is 0 Å². The van der Waals surface area contributed by atoms with Crippen molar-refractivity contribution in [2.75, 3.05) is 9.80 Å². The van der Waals surface area contributed by atoms with E-state index in [1.165, 1.54) is 106 Å². The molecule has 0 spiro atoms. The molecule has 0 bridgehead atoms. The Labute approximate surface area is 509 Å². The lowest BCUT2D eigenvalue weighted by molar-refractivity contribution is 0.985. The molecule has 0 saturated heterocycles. The normalized spacial score (nSPS) is 12.8. The summed E-state index contributed by atoms with van der Waals surface area (Å²) in [7, 11) is 0. The number of aryl methyl sites for hydroxylation is 3. The van der Waals surface area contributed by atoms with Crippen LogP contribution in [0.4, 0.5) is 28.4 Å². The molecule has 2 heteroatoms. The van der Waals surface area contributed by atoms with Crippen molar-refractivity contribution in [1.29, 1.82) is 0 Å². The fourth-order valence-corrected chi connectivity index (χ4v) is 11.1. The molecule has 0 heterocycles.